The summed E-state index contributed by atoms with van der Waals surface area (Å²) in [6, 6.07) is 5.15. The highest BCUT2D eigenvalue weighted by Gasteiger charge is 2.15. The number of hydrogen-bond donors (Lipinski definition) is 1. The van der Waals surface area contributed by atoms with Crippen molar-refractivity contribution in [1.29, 1.82) is 0 Å². The fourth-order valence-electron chi connectivity index (χ4n) is 1.47. The van der Waals surface area contributed by atoms with E-state index in [2.05, 4.69) is 12.2 Å². The first kappa shape index (κ1) is 15.1. The maximum atomic E-state index is 12.6. The molecule has 0 heterocycles. The van der Waals surface area contributed by atoms with E-state index in [1.54, 1.807) is 0 Å². The van der Waals surface area contributed by atoms with Gasteiger partial charge in [0.2, 0.25) is 0 Å². The number of nitrogens with one attached hydrogen (secondary N) is 1. The van der Waals surface area contributed by atoms with Crippen LogP contribution in [0.5, 0.6) is 0 Å². The SMILES string of the molecule is CCCCCCOC(=O)C(=O)Nc1ccc(F)cc1. The Labute approximate surface area is 112 Å². The highest BCUT2D eigenvalue weighted by molar-refractivity contribution is 6.37. The van der Waals surface area contributed by atoms with E-state index in [4.69, 9.17) is 4.74 Å². The van der Waals surface area contributed by atoms with Gasteiger partial charge in [0, 0.05) is 5.69 Å². The van der Waals surface area contributed by atoms with Gasteiger partial charge < -0.3 is 10.1 Å². The molecule has 0 fully saturated rings. The minimum absolute atomic E-state index is 0.246. The van der Waals surface area contributed by atoms with Gasteiger partial charge in [0.25, 0.3) is 0 Å². The fraction of sp³-hybridized carbons (Fsp3) is 0.429. The largest absolute Gasteiger partial charge is 0.459 e. The maximum absolute atomic E-state index is 12.6. The van der Waals surface area contributed by atoms with Crippen molar-refractivity contribution in [3.8, 4) is 0 Å². The number of ether oxygens (including phenoxy) is 1. The molecule has 19 heavy (non-hydrogen) atoms. The molecule has 0 atom stereocenters. The Hall–Kier alpha value is -1.91. The van der Waals surface area contributed by atoms with Crippen molar-refractivity contribution in [2.45, 2.75) is 32.6 Å². The molecule has 0 saturated heterocycles. The second-order valence-electron chi connectivity index (χ2n) is 4.16. The molecule has 0 radical (unpaired) electrons. The van der Waals surface area contributed by atoms with E-state index < -0.39 is 17.7 Å². The van der Waals surface area contributed by atoms with Gasteiger partial charge in [-0.1, -0.05) is 26.2 Å². The lowest BCUT2D eigenvalue weighted by Crippen LogP contribution is -2.25. The Kier molecular flexibility index (Phi) is 6.57. The molecule has 104 valence electrons. The lowest BCUT2D eigenvalue weighted by atomic mass is 10.2. The van der Waals surface area contributed by atoms with Crippen LogP contribution in [0, 0.1) is 5.82 Å². The molecule has 1 N–H and O–H groups in total. The molecule has 1 aromatic carbocycles. The summed E-state index contributed by atoms with van der Waals surface area (Å²) >= 11 is 0. The highest BCUT2D eigenvalue weighted by Crippen LogP contribution is 2.08. The number of unbranched alkanes of at least 4 members (excludes halogenated alkanes) is 3. The number of benzene rings is 1. The second kappa shape index (κ2) is 8.24. The van der Waals surface area contributed by atoms with E-state index in [-0.39, 0.29) is 6.61 Å². The zero-order valence-electron chi connectivity index (χ0n) is 10.9. The van der Waals surface area contributed by atoms with Gasteiger partial charge in [-0.15, -0.1) is 0 Å². The monoisotopic (exact) mass is 267 g/mol. The van der Waals surface area contributed by atoms with Crippen LogP contribution in [0.25, 0.3) is 0 Å². The number of hydrogen-bond acceptors (Lipinski definition) is 3. The van der Waals surface area contributed by atoms with Crippen LogP contribution in [-0.4, -0.2) is 18.5 Å². The summed E-state index contributed by atoms with van der Waals surface area (Å²) in [5.74, 6) is -2.17. The molecule has 0 aliphatic carbocycles. The summed E-state index contributed by atoms with van der Waals surface area (Å²) < 4.78 is 17.5. The Morgan fingerprint density at radius 1 is 1.16 bits per heavy atom. The highest BCUT2D eigenvalue weighted by atomic mass is 19.1. The number of carbonyl (C=O) groups excluding carboxylic acids is 2. The third-order valence-electron chi connectivity index (χ3n) is 2.52. The summed E-state index contributed by atoms with van der Waals surface area (Å²) in [4.78, 5) is 22.8. The first-order valence-electron chi connectivity index (χ1n) is 6.37. The van der Waals surface area contributed by atoms with Crippen molar-refractivity contribution in [3.05, 3.63) is 30.1 Å². The van der Waals surface area contributed by atoms with Gasteiger partial charge in [-0.05, 0) is 30.7 Å². The number of carbonyl (C=O) groups is 2. The van der Waals surface area contributed by atoms with Crippen LogP contribution in [0.1, 0.15) is 32.6 Å². The van der Waals surface area contributed by atoms with Crippen LogP contribution in [0.2, 0.25) is 0 Å². The summed E-state index contributed by atoms with van der Waals surface area (Å²) in [5.41, 5.74) is 0.356. The van der Waals surface area contributed by atoms with Crippen molar-refractivity contribution in [1.82, 2.24) is 0 Å². The predicted molar refractivity (Wildman–Crippen MR) is 70.1 cm³/mol. The minimum Gasteiger partial charge on any atom is -0.459 e. The van der Waals surface area contributed by atoms with Crippen molar-refractivity contribution in [2.24, 2.45) is 0 Å². The zero-order chi connectivity index (χ0) is 14.1. The Morgan fingerprint density at radius 2 is 1.84 bits per heavy atom. The molecule has 0 saturated carbocycles. The number of esters is 1. The van der Waals surface area contributed by atoms with Crippen LogP contribution in [-0.2, 0) is 14.3 Å². The Bertz CT molecular complexity index is 417. The van der Waals surface area contributed by atoms with Gasteiger partial charge in [-0.25, -0.2) is 9.18 Å². The lowest BCUT2D eigenvalue weighted by Gasteiger charge is -2.05. The Balaban J connectivity index is 2.28. The third kappa shape index (κ3) is 5.99. The topological polar surface area (TPSA) is 55.4 Å². The van der Waals surface area contributed by atoms with E-state index in [0.717, 1.165) is 25.7 Å². The second-order valence-corrected chi connectivity index (χ2v) is 4.16. The van der Waals surface area contributed by atoms with Crippen molar-refractivity contribution >= 4 is 17.6 Å². The van der Waals surface area contributed by atoms with Gasteiger partial charge in [0.1, 0.15) is 5.82 Å². The average molecular weight is 267 g/mol. The van der Waals surface area contributed by atoms with E-state index in [1.165, 1.54) is 24.3 Å². The molecule has 0 aliphatic heterocycles. The van der Waals surface area contributed by atoms with E-state index in [9.17, 15) is 14.0 Å². The number of rotatable bonds is 6. The Morgan fingerprint density at radius 3 is 2.47 bits per heavy atom. The van der Waals surface area contributed by atoms with Gasteiger partial charge in [0.05, 0.1) is 6.61 Å². The third-order valence-corrected chi connectivity index (χ3v) is 2.52. The molecule has 0 unspecified atom stereocenters. The average Bonchev–Trinajstić information content (AvgIpc) is 2.41. The molecule has 4 nitrogen and oxygen atoms in total. The fourth-order valence-corrected chi connectivity index (χ4v) is 1.47. The minimum atomic E-state index is -0.916. The first-order valence-corrected chi connectivity index (χ1v) is 6.37. The van der Waals surface area contributed by atoms with Gasteiger partial charge >= 0.3 is 11.9 Å². The first-order chi connectivity index (χ1) is 9.13. The molecule has 0 spiro atoms. The maximum Gasteiger partial charge on any atom is 0.397 e. The van der Waals surface area contributed by atoms with Crippen LogP contribution < -0.4 is 5.32 Å². The predicted octanol–water partition coefficient (Wildman–Crippen LogP) is 2.89. The molecule has 1 rings (SSSR count). The van der Waals surface area contributed by atoms with Crippen LogP contribution in [0.15, 0.2) is 24.3 Å². The molecule has 1 amide bonds. The van der Waals surface area contributed by atoms with E-state index in [0.29, 0.717) is 5.69 Å². The summed E-state index contributed by atoms with van der Waals surface area (Å²) in [6.07, 6.45) is 3.91. The lowest BCUT2D eigenvalue weighted by molar-refractivity contribution is -0.152. The molecule has 0 bridgehead atoms. The number of anilines is 1. The molecule has 5 heteroatoms. The normalized spacial score (nSPS) is 10.0. The quantitative estimate of drug-likeness (QED) is 0.490. The van der Waals surface area contributed by atoms with E-state index in [1.807, 2.05) is 0 Å². The van der Waals surface area contributed by atoms with Crippen molar-refractivity contribution in [2.75, 3.05) is 11.9 Å². The molecular formula is C14H18FNO3. The summed E-state index contributed by atoms with van der Waals surface area (Å²) in [6.45, 7) is 2.33. The van der Waals surface area contributed by atoms with Crippen LogP contribution >= 0.6 is 0 Å². The van der Waals surface area contributed by atoms with Gasteiger partial charge in [-0.3, -0.25) is 4.79 Å². The summed E-state index contributed by atoms with van der Waals surface area (Å²) in [7, 11) is 0. The standard InChI is InChI=1S/C14H18FNO3/c1-2-3-4-5-10-19-14(18)13(17)16-12-8-6-11(15)7-9-12/h6-9H,2-5,10H2,1H3,(H,16,17). The zero-order valence-corrected chi connectivity index (χ0v) is 10.9. The number of halogens is 1. The van der Waals surface area contributed by atoms with Crippen LogP contribution in [0.4, 0.5) is 10.1 Å². The number of amides is 1. The van der Waals surface area contributed by atoms with Crippen molar-refractivity contribution < 1.29 is 18.7 Å². The smallest absolute Gasteiger partial charge is 0.397 e. The van der Waals surface area contributed by atoms with Gasteiger partial charge in [-0.2, -0.15) is 0 Å². The van der Waals surface area contributed by atoms with Crippen LogP contribution in [0.3, 0.4) is 0 Å². The van der Waals surface area contributed by atoms with Crippen molar-refractivity contribution in [3.63, 3.8) is 0 Å². The van der Waals surface area contributed by atoms with Gasteiger partial charge in [0.15, 0.2) is 0 Å². The summed E-state index contributed by atoms with van der Waals surface area (Å²) in [5, 5.41) is 2.34. The molecule has 0 aromatic heterocycles. The van der Waals surface area contributed by atoms with E-state index >= 15 is 0 Å². The molecule has 1 aromatic rings. The molecule has 0 aliphatic rings. The molecular weight excluding hydrogens is 249 g/mol.